The number of rotatable bonds is 7. The number of H-pyrrole nitrogens is 1. The van der Waals surface area contributed by atoms with Gasteiger partial charge in [-0.2, -0.15) is 14.9 Å². The molecule has 0 amide bonds. The van der Waals surface area contributed by atoms with Crippen molar-refractivity contribution in [2.75, 3.05) is 13.2 Å². The van der Waals surface area contributed by atoms with Gasteiger partial charge in [0.15, 0.2) is 5.82 Å². The summed E-state index contributed by atoms with van der Waals surface area (Å²) in [6.07, 6.45) is 4.40. The van der Waals surface area contributed by atoms with Crippen LogP contribution in [0.4, 0.5) is 0 Å². The summed E-state index contributed by atoms with van der Waals surface area (Å²) in [5, 5.41) is 11.9. The first-order chi connectivity index (χ1) is 14.6. The van der Waals surface area contributed by atoms with Gasteiger partial charge in [-0.25, -0.2) is 5.10 Å². The summed E-state index contributed by atoms with van der Waals surface area (Å²) in [5.74, 6) is 1.37. The predicted molar refractivity (Wildman–Crippen MR) is 120 cm³/mol. The van der Waals surface area contributed by atoms with E-state index in [1.807, 2.05) is 37.4 Å². The molecule has 1 saturated heterocycles. The summed E-state index contributed by atoms with van der Waals surface area (Å²) < 4.78 is 15.9. The van der Waals surface area contributed by atoms with Gasteiger partial charge in [0.1, 0.15) is 5.75 Å². The zero-order valence-corrected chi connectivity index (χ0v) is 18.4. The molecule has 3 aromatic rings. The third kappa shape index (κ3) is 4.11. The van der Waals surface area contributed by atoms with E-state index < -0.39 is 0 Å². The molecule has 1 aliphatic heterocycles. The summed E-state index contributed by atoms with van der Waals surface area (Å²) in [7, 11) is 0. The van der Waals surface area contributed by atoms with Gasteiger partial charge in [-0.05, 0) is 64.0 Å². The van der Waals surface area contributed by atoms with Gasteiger partial charge in [0.2, 0.25) is 4.77 Å². The smallest absolute Gasteiger partial charge is 0.216 e. The molecule has 1 aromatic carbocycles. The molecule has 0 spiro atoms. The van der Waals surface area contributed by atoms with Crippen molar-refractivity contribution in [3.05, 3.63) is 52.1 Å². The molecular weight excluding hydrogens is 398 g/mol. The molecule has 1 N–H and O–H groups in total. The van der Waals surface area contributed by atoms with Crippen molar-refractivity contribution in [3.63, 3.8) is 0 Å². The summed E-state index contributed by atoms with van der Waals surface area (Å²) in [4.78, 5) is 0. The Balaban J connectivity index is 1.65. The van der Waals surface area contributed by atoms with Crippen molar-refractivity contribution >= 4 is 18.4 Å². The van der Waals surface area contributed by atoms with Gasteiger partial charge in [-0.1, -0.05) is 12.1 Å². The van der Waals surface area contributed by atoms with Gasteiger partial charge in [-0.15, -0.1) is 0 Å². The van der Waals surface area contributed by atoms with Crippen molar-refractivity contribution in [3.8, 4) is 17.1 Å². The number of benzene rings is 1. The van der Waals surface area contributed by atoms with Gasteiger partial charge in [0.05, 0.1) is 24.5 Å². The van der Waals surface area contributed by atoms with Gasteiger partial charge in [-0.3, -0.25) is 0 Å². The van der Waals surface area contributed by atoms with E-state index in [4.69, 9.17) is 21.7 Å². The highest BCUT2D eigenvalue weighted by atomic mass is 32.1. The maximum atomic E-state index is 5.81. The van der Waals surface area contributed by atoms with E-state index in [0.717, 1.165) is 48.6 Å². The second kappa shape index (κ2) is 8.97. The summed E-state index contributed by atoms with van der Waals surface area (Å²) in [6, 6.07) is 9.90. The van der Waals surface area contributed by atoms with Crippen molar-refractivity contribution in [1.29, 1.82) is 0 Å². The minimum Gasteiger partial charge on any atom is -0.493 e. The molecule has 0 radical (unpaired) electrons. The second-order valence-electron chi connectivity index (χ2n) is 7.41. The largest absolute Gasteiger partial charge is 0.493 e. The molecule has 8 heteroatoms. The first-order valence-corrected chi connectivity index (χ1v) is 10.7. The van der Waals surface area contributed by atoms with E-state index in [1.165, 1.54) is 5.69 Å². The Morgan fingerprint density at radius 2 is 2.20 bits per heavy atom. The van der Waals surface area contributed by atoms with E-state index in [9.17, 15) is 0 Å². The van der Waals surface area contributed by atoms with E-state index in [2.05, 4.69) is 39.8 Å². The number of ether oxygens (including phenoxy) is 2. The lowest BCUT2D eigenvalue weighted by Crippen LogP contribution is -2.16. The van der Waals surface area contributed by atoms with E-state index in [0.29, 0.717) is 23.3 Å². The molecule has 1 aliphatic rings. The van der Waals surface area contributed by atoms with Crippen molar-refractivity contribution in [1.82, 2.24) is 19.4 Å². The lowest BCUT2D eigenvalue weighted by Gasteiger charge is -2.14. The number of hydrogen-bond acceptors (Lipinski definition) is 5. The molecule has 0 bridgehead atoms. The van der Waals surface area contributed by atoms with Crippen molar-refractivity contribution in [2.24, 2.45) is 5.10 Å². The fourth-order valence-corrected chi connectivity index (χ4v) is 4.04. The molecule has 0 aliphatic carbocycles. The fourth-order valence-electron chi connectivity index (χ4n) is 3.86. The molecule has 30 heavy (non-hydrogen) atoms. The summed E-state index contributed by atoms with van der Waals surface area (Å²) in [6.45, 7) is 8.50. The first kappa shape index (κ1) is 20.6. The monoisotopic (exact) mass is 425 g/mol. The van der Waals surface area contributed by atoms with Crippen LogP contribution < -0.4 is 4.74 Å². The zero-order chi connectivity index (χ0) is 21.1. The van der Waals surface area contributed by atoms with Crippen LogP contribution >= 0.6 is 12.2 Å². The average Bonchev–Trinajstić information content (AvgIpc) is 3.44. The summed E-state index contributed by atoms with van der Waals surface area (Å²) in [5.41, 5.74) is 4.26. The molecule has 2 aromatic heterocycles. The molecule has 4 rings (SSSR count). The Bertz CT molecular complexity index is 1110. The van der Waals surface area contributed by atoms with Crippen LogP contribution in [0.3, 0.4) is 0 Å². The lowest BCUT2D eigenvalue weighted by atomic mass is 10.2. The fraction of sp³-hybridized carbons (Fsp3) is 0.409. The molecule has 0 saturated carbocycles. The molecule has 158 valence electrons. The van der Waals surface area contributed by atoms with E-state index >= 15 is 0 Å². The Hall–Kier alpha value is -2.71. The highest BCUT2D eigenvalue weighted by Gasteiger charge is 2.19. The maximum absolute atomic E-state index is 5.81. The van der Waals surface area contributed by atoms with Gasteiger partial charge in [0, 0.05) is 30.1 Å². The highest BCUT2D eigenvalue weighted by Crippen LogP contribution is 2.28. The molecule has 1 atom stereocenters. The highest BCUT2D eigenvalue weighted by molar-refractivity contribution is 7.71. The van der Waals surface area contributed by atoms with Crippen LogP contribution in [-0.2, 0) is 11.3 Å². The standard InChI is InChI=1S/C22H27N5O2S/c1-4-28-20-10-6-5-9-19(20)21-24-25-22(30)27(21)23-13-17-12-15(2)26(16(17)3)14-18-8-7-11-29-18/h5-6,9-10,12-13,18H,4,7-8,11,14H2,1-3H3,(H,25,30)/b23-13-/t18-/m1/s1. The zero-order valence-electron chi connectivity index (χ0n) is 17.6. The Labute approximate surface area is 181 Å². The first-order valence-electron chi connectivity index (χ1n) is 10.3. The SMILES string of the molecule is CCOc1ccccc1-c1n[nH]c(=S)n1/N=C\c1cc(C)n(C[C@H]2CCCO2)c1C. The Kier molecular flexibility index (Phi) is 6.15. The van der Waals surface area contributed by atoms with Gasteiger partial charge in [0.25, 0.3) is 0 Å². The number of para-hydroxylation sites is 1. The van der Waals surface area contributed by atoms with Gasteiger partial charge < -0.3 is 14.0 Å². The Morgan fingerprint density at radius 3 is 2.97 bits per heavy atom. The van der Waals surface area contributed by atoms with Crippen LogP contribution in [0.5, 0.6) is 5.75 Å². The van der Waals surface area contributed by atoms with Crippen LogP contribution in [0.15, 0.2) is 35.4 Å². The van der Waals surface area contributed by atoms with Crippen molar-refractivity contribution < 1.29 is 9.47 Å². The minimum atomic E-state index is 0.295. The second-order valence-corrected chi connectivity index (χ2v) is 7.80. The van der Waals surface area contributed by atoms with Crippen LogP contribution in [-0.4, -0.2) is 45.0 Å². The normalized spacial score (nSPS) is 16.6. The van der Waals surface area contributed by atoms with Crippen LogP contribution in [0.1, 0.15) is 36.7 Å². The lowest BCUT2D eigenvalue weighted by molar-refractivity contribution is 0.0962. The number of nitrogens with zero attached hydrogens (tertiary/aromatic N) is 4. The third-order valence-electron chi connectivity index (χ3n) is 5.41. The van der Waals surface area contributed by atoms with E-state index in [1.54, 1.807) is 4.68 Å². The topological polar surface area (TPSA) is 69.4 Å². The number of nitrogens with one attached hydrogen (secondary N) is 1. The molecule has 3 heterocycles. The number of aromatic nitrogens is 4. The minimum absolute atomic E-state index is 0.295. The number of aromatic amines is 1. The summed E-state index contributed by atoms with van der Waals surface area (Å²) >= 11 is 5.42. The quantitative estimate of drug-likeness (QED) is 0.447. The molecular formula is C22H27N5O2S. The third-order valence-corrected chi connectivity index (χ3v) is 5.68. The maximum Gasteiger partial charge on any atom is 0.216 e. The molecule has 1 fully saturated rings. The van der Waals surface area contributed by atoms with E-state index in [-0.39, 0.29) is 0 Å². The Morgan fingerprint density at radius 1 is 1.37 bits per heavy atom. The van der Waals surface area contributed by atoms with Crippen molar-refractivity contribution in [2.45, 2.75) is 46.3 Å². The average molecular weight is 426 g/mol. The van der Waals surface area contributed by atoms with Crippen LogP contribution in [0, 0.1) is 18.6 Å². The van der Waals surface area contributed by atoms with Crippen LogP contribution in [0.25, 0.3) is 11.4 Å². The molecule has 7 nitrogen and oxygen atoms in total. The van der Waals surface area contributed by atoms with Crippen LogP contribution in [0.2, 0.25) is 0 Å². The predicted octanol–water partition coefficient (Wildman–Crippen LogP) is 4.49. The van der Waals surface area contributed by atoms with Gasteiger partial charge >= 0.3 is 0 Å². The molecule has 0 unspecified atom stereocenters. The number of hydrogen-bond donors (Lipinski definition) is 1. The number of aryl methyl sites for hydroxylation is 1.